The highest BCUT2D eigenvalue weighted by atomic mass is 32.2. The van der Waals surface area contributed by atoms with E-state index in [4.69, 9.17) is 11.5 Å². The topological polar surface area (TPSA) is 52.0 Å². The van der Waals surface area contributed by atoms with Gasteiger partial charge in [-0.3, -0.25) is 0 Å². The van der Waals surface area contributed by atoms with Crippen LogP contribution in [-0.2, 0) is 12.7 Å². The Morgan fingerprint density at radius 3 is 2.14 bits per heavy atom. The lowest BCUT2D eigenvalue weighted by atomic mass is 9.97. The summed E-state index contributed by atoms with van der Waals surface area (Å²) < 4.78 is 40.0. The van der Waals surface area contributed by atoms with Crippen LogP contribution in [0.3, 0.4) is 0 Å². The molecule has 0 amide bonds. The van der Waals surface area contributed by atoms with E-state index in [0.717, 1.165) is 5.56 Å². The number of thioether (sulfide) groups is 1. The van der Waals surface area contributed by atoms with Gasteiger partial charge in [-0.2, -0.15) is 13.2 Å². The summed E-state index contributed by atoms with van der Waals surface area (Å²) in [5.74, 6) is 0. The van der Waals surface area contributed by atoms with Gasteiger partial charge < -0.3 is 11.5 Å². The van der Waals surface area contributed by atoms with Gasteiger partial charge in [0, 0.05) is 22.7 Å². The van der Waals surface area contributed by atoms with Gasteiger partial charge in [-0.05, 0) is 29.5 Å². The molecule has 0 aliphatic carbocycles. The maximum absolute atomic E-state index is 13.3. The van der Waals surface area contributed by atoms with Gasteiger partial charge >= 0.3 is 6.18 Å². The molecule has 0 aliphatic rings. The number of hydrogen-bond donors (Lipinski definition) is 2. The first-order valence-electron chi connectivity index (χ1n) is 6.21. The predicted octanol–water partition coefficient (Wildman–Crippen LogP) is 4.14. The Bertz CT molecular complexity index is 637. The smallest absolute Gasteiger partial charge is 0.398 e. The SMILES string of the molecule is CSc1ccc(N)c(C(F)(F)F)c1-c1ccc(CN)cc1. The van der Waals surface area contributed by atoms with Crippen LogP contribution in [0.1, 0.15) is 11.1 Å². The van der Waals surface area contributed by atoms with E-state index in [1.54, 1.807) is 36.6 Å². The molecule has 0 bridgehead atoms. The molecular formula is C15H15F3N2S. The Balaban J connectivity index is 2.72. The van der Waals surface area contributed by atoms with Gasteiger partial charge in [0.2, 0.25) is 0 Å². The van der Waals surface area contributed by atoms with Gasteiger partial charge in [0.15, 0.2) is 0 Å². The zero-order valence-electron chi connectivity index (χ0n) is 11.4. The van der Waals surface area contributed by atoms with Gasteiger partial charge in [-0.1, -0.05) is 24.3 Å². The van der Waals surface area contributed by atoms with Gasteiger partial charge in [0.05, 0.1) is 5.56 Å². The quantitative estimate of drug-likeness (QED) is 0.661. The Morgan fingerprint density at radius 1 is 1.05 bits per heavy atom. The molecule has 0 aromatic heterocycles. The standard InChI is InChI=1S/C15H15F3N2S/c1-21-12-7-6-11(20)14(15(16,17)18)13(12)10-4-2-9(8-19)3-5-10/h2-7H,8,19-20H2,1H3. The third-order valence-electron chi connectivity index (χ3n) is 3.18. The van der Waals surface area contributed by atoms with E-state index in [9.17, 15) is 13.2 Å². The summed E-state index contributed by atoms with van der Waals surface area (Å²) in [5.41, 5.74) is 11.5. The first-order chi connectivity index (χ1) is 9.88. The van der Waals surface area contributed by atoms with E-state index >= 15 is 0 Å². The first-order valence-corrected chi connectivity index (χ1v) is 7.44. The van der Waals surface area contributed by atoms with Crippen molar-refractivity contribution in [1.29, 1.82) is 0 Å². The summed E-state index contributed by atoms with van der Waals surface area (Å²) in [4.78, 5) is 0.539. The van der Waals surface area contributed by atoms with Gasteiger partial charge in [-0.15, -0.1) is 11.8 Å². The van der Waals surface area contributed by atoms with Crippen LogP contribution >= 0.6 is 11.8 Å². The minimum atomic E-state index is -4.50. The molecule has 21 heavy (non-hydrogen) atoms. The average Bonchev–Trinajstić information content (AvgIpc) is 2.45. The summed E-state index contributed by atoms with van der Waals surface area (Å²) in [6, 6.07) is 9.65. The molecule has 2 nitrogen and oxygen atoms in total. The second-order valence-electron chi connectivity index (χ2n) is 4.51. The third-order valence-corrected chi connectivity index (χ3v) is 3.96. The van der Waals surface area contributed by atoms with Crippen molar-refractivity contribution in [2.24, 2.45) is 5.73 Å². The molecule has 0 radical (unpaired) electrons. The average molecular weight is 312 g/mol. The molecule has 0 fully saturated rings. The van der Waals surface area contributed by atoms with E-state index in [0.29, 0.717) is 17.0 Å². The zero-order valence-corrected chi connectivity index (χ0v) is 12.2. The number of anilines is 1. The van der Waals surface area contributed by atoms with E-state index in [2.05, 4.69) is 0 Å². The maximum Gasteiger partial charge on any atom is 0.419 e. The van der Waals surface area contributed by atoms with Crippen LogP contribution < -0.4 is 11.5 Å². The van der Waals surface area contributed by atoms with Crippen LogP contribution in [0, 0.1) is 0 Å². The largest absolute Gasteiger partial charge is 0.419 e. The lowest BCUT2D eigenvalue weighted by Gasteiger charge is -2.18. The van der Waals surface area contributed by atoms with Crippen LogP contribution in [0.25, 0.3) is 11.1 Å². The van der Waals surface area contributed by atoms with Crippen molar-refractivity contribution in [2.45, 2.75) is 17.6 Å². The third kappa shape index (κ3) is 3.16. The Labute approximate surface area is 125 Å². The van der Waals surface area contributed by atoms with Crippen molar-refractivity contribution in [3.05, 3.63) is 47.5 Å². The molecule has 0 aliphatic heterocycles. The molecule has 2 aromatic rings. The molecule has 0 spiro atoms. The van der Waals surface area contributed by atoms with E-state index in [-0.39, 0.29) is 11.3 Å². The van der Waals surface area contributed by atoms with E-state index in [1.807, 2.05) is 0 Å². The Hall–Kier alpha value is -1.66. The molecule has 0 saturated heterocycles. The molecule has 6 heteroatoms. The van der Waals surface area contributed by atoms with Gasteiger partial charge in [-0.25, -0.2) is 0 Å². The lowest BCUT2D eigenvalue weighted by molar-refractivity contribution is -0.136. The Kier molecular flexibility index (Phi) is 4.49. The molecule has 0 atom stereocenters. The fraction of sp³-hybridized carbons (Fsp3) is 0.200. The molecule has 0 heterocycles. The van der Waals surface area contributed by atoms with Crippen LogP contribution in [0.4, 0.5) is 18.9 Å². The Morgan fingerprint density at radius 2 is 1.67 bits per heavy atom. The molecular weight excluding hydrogens is 297 g/mol. The molecule has 4 N–H and O–H groups in total. The summed E-state index contributed by atoms with van der Waals surface area (Å²) in [6.45, 7) is 0.346. The highest BCUT2D eigenvalue weighted by Crippen LogP contribution is 2.44. The minimum Gasteiger partial charge on any atom is -0.398 e. The van der Waals surface area contributed by atoms with Crippen molar-refractivity contribution >= 4 is 17.4 Å². The number of alkyl halides is 3. The fourth-order valence-corrected chi connectivity index (χ4v) is 2.80. The summed E-state index contributed by atoms with van der Waals surface area (Å²) in [5, 5.41) is 0. The van der Waals surface area contributed by atoms with E-state index in [1.165, 1.54) is 17.8 Å². The monoisotopic (exact) mass is 312 g/mol. The fourth-order valence-electron chi connectivity index (χ4n) is 2.17. The molecule has 2 rings (SSSR count). The van der Waals surface area contributed by atoms with Crippen LogP contribution in [-0.4, -0.2) is 6.26 Å². The molecule has 0 unspecified atom stereocenters. The van der Waals surface area contributed by atoms with Crippen molar-refractivity contribution in [1.82, 2.24) is 0 Å². The number of benzene rings is 2. The van der Waals surface area contributed by atoms with Crippen molar-refractivity contribution < 1.29 is 13.2 Å². The molecule has 112 valence electrons. The maximum atomic E-state index is 13.3. The zero-order chi connectivity index (χ0) is 15.6. The van der Waals surface area contributed by atoms with Crippen LogP contribution in [0.5, 0.6) is 0 Å². The number of nitrogen functional groups attached to an aromatic ring is 1. The van der Waals surface area contributed by atoms with Crippen LogP contribution in [0.15, 0.2) is 41.3 Å². The lowest BCUT2D eigenvalue weighted by Crippen LogP contribution is -2.11. The van der Waals surface area contributed by atoms with E-state index < -0.39 is 11.7 Å². The van der Waals surface area contributed by atoms with Crippen LogP contribution in [0.2, 0.25) is 0 Å². The van der Waals surface area contributed by atoms with Gasteiger partial charge in [0.25, 0.3) is 0 Å². The highest BCUT2D eigenvalue weighted by Gasteiger charge is 2.37. The second-order valence-corrected chi connectivity index (χ2v) is 5.35. The van der Waals surface area contributed by atoms with Crippen molar-refractivity contribution in [3.63, 3.8) is 0 Å². The number of rotatable bonds is 3. The number of hydrogen-bond acceptors (Lipinski definition) is 3. The number of halogens is 3. The van der Waals surface area contributed by atoms with Gasteiger partial charge in [0.1, 0.15) is 0 Å². The molecule has 0 saturated carbocycles. The normalized spacial score (nSPS) is 11.7. The first kappa shape index (κ1) is 15.7. The van der Waals surface area contributed by atoms with Crippen molar-refractivity contribution in [3.8, 4) is 11.1 Å². The number of nitrogens with two attached hydrogens (primary N) is 2. The summed E-state index contributed by atoms with van der Waals surface area (Å²) in [7, 11) is 0. The predicted molar refractivity (Wildman–Crippen MR) is 81.0 cm³/mol. The minimum absolute atomic E-state index is 0.124. The highest BCUT2D eigenvalue weighted by molar-refractivity contribution is 7.98. The summed E-state index contributed by atoms with van der Waals surface area (Å²) >= 11 is 1.26. The summed E-state index contributed by atoms with van der Waals surface area (Å²) in [6.07, 6.45) is -2.76. The van der Waals surface area contributed by atoms with Crippen molar-refractivity contribution in [2.75, 3.05) is 12.0 Å². The second kappa shape index (κ2) is 5.99. The molecule has 2 aromatic carbocycles.